The van der Waals surface area contributed by atoms with Crippen molar-refractivity contribution in [3.63, 3.8) is 0 Å². The first-order chi connectivity index (χ1) is 10.5. The van der Waals surface area contributed by atoms with E-state index in [0.29, 0.717) is 11.4 Å². The number of hydrogen-bond donors (Lipinski definition) is 1. The van der Waals surface area contributed by atoms with E-state index in [1.165, 1.54) is 6.92 Å². The minimum absolute atomic E-state index is 0.0340. The highest BCUT2D eigenvalue weighted by molar-refractivity contribution is 6.09. The number of ether oxygens (including phenoxy) is 1. The van der Waals surface area contributed by atoms with Crippen molar-refractivity contribution in [3.05, 3.63) is 47.8 Å². The zero-order valence-corrected chi connectivity index (χ0v) is 12.6. The molecule has 1 aromatic carbocycles. The van der Waals surface area contributed by atoms with Gasteiger partial charge in [0.2, 0.25) is 5.88 Å². The Morgan fingerprint density at radius 1 is 1.27 bits per heavy atom. The Hall–Kier alpha value is -2.82. The summed E-state index contributed by atoms with van der Waals surface area (Å²) in [5, 5.41) is 10.5. The molecule has 1 N–H and O–H groups in total. The van der Waals surface area contributed by atoms with Gasteiger partial charge in [-0.3, -0.25) is 4.79 Å². The Balaban J connectivity index is 2.33. The van der Waals surface area contributed by atoms with E-state index in [2.05, 4.69) is 4.98 Å². The first kappa shape index (κ1) is 14.1. The molecule has 2 aromatic heterocycles. The van der Waals surface area contributed by atoms with Gasteiger partial charge in [0.1, 0.15) is 5.75 Å². The second-order valence-electron chi connectivity index (χ2n) is 5.11. The van der Waals surface area contributed by atoms with Crippen LogP contribution in [0.5, 0.6) is 11.6 Å². The van der Waals surface area contributed by atoms with Gasteiger partial charge in [0.15, 0.2) is 5.78 Å². The van der Waals surface area contributed by atoms with Crippen LogP contribution in [0, 0.1) is 6.92 Å². The Bertz CT molecular complexity index is 864. The predicted molar refractivity (Wildman–Crippen MR) is 84.0 cm³/mol. The lowest BCUT2D eigenvalue weighted by atomic mass is 10.1. The lowest BCUT2D eigenvalue weighted by Crippen LogP contribution is -2.00. The third kappa shape index (κ3) is 2.11. The fraction of sp³-hybridized carbons (Fsp3) is 0.176. The number of aromatic nitrogens is 2. The third-order valence-electron chi connectivity index (χ3n) is 3.73. The van der Waals surface area contributed by atoms with Gasteiger partial charge in [0.25, 0.3) is 0 Å². The summed E-state index contributed by atoms with van der Waals surface area (Å²) >= 11 is 0. The number of phenols is 1. The molecule has 3 rings (SSSR count). The Kier molecular flexibility index (Phi) is 3.33. The maximum absolute atomic E-state index is 12.0. The summed E-state index contributed by atoms with van der Waals surface area (Å²) in [6.07, 6.45) is 1.70. The zero-order chi connectivity index (χ0) is 15.9. The number of methoxy groups -OCH3 is 1. The predicted octanol–water partition coefficient (Wildman–Crippen LogP) is 3.25. The highest BCUT2D eigenvalue weighted by Gasteiger charge is 2.18. The second-order valence-corrected chi connectivity index (χ2v) is 5.11. The number of fused-ring (bicyclic) bond motifs is 1. The van der Waals surface area contributed by atoms with Crippen molar-refractivity contribution in [1.29, 1.82) is 0 Å². The first-order valence-electron chi connectivity index (χ1n) is 6.88. The van der Waals surface area contributed by atoms with Crippen LogP contribution in [-0.2, 0) is 0 Å². The van der Waals surface area contributed by atoms with E-state index in [9.17, 15) is 9.90 Å². The molecular formula is C17H16N2O3. The molecule has 5 heteroatoms. The molecule has 0 saturated carbocycles. The van der Waals surface area contributed by atoms with Crippen LogP contribution in [0.3, 0.4) is 0 Å². The highest BCUT2D eigenvalue weighted by atomic mass is 16.5. The Morgan fingerprint density at radius 2 is 2.05 bits per heavy atom. The number of ketones is 1. The number of phenolic OH excluding ortho intramolecular Hbond substituents is 1. The molecule has 0 spiro atoms. The van der Waals surface area contributed by atoms with E-state index in [-0.39, 0.29) is 11.5 Å². The number of carbonyl (C=O) groups excluding carboxylic acids is 1. The van der Waals surface area contributed by atoms with E-state index in [4.69, 9.17) is 4.74 Å². The quantitative estimate of drug-likeness (QED) is 0.753. The molecule has 0 atom stereocenters. The number of pyridine rings is 1. The molecule has 0 saturated heterocycles. The lowest BCUT2D eigenvalue weighted by Gasteiger charge is -2.09. The van der Waals surface area contributed by atoms with Crippen LogP contribution < -0.4 is 4.74 Å². The number of carbonyl (C=O) groups is 1. The number of nitrogens with zero attached hydrogens (tertiary/aromatic N) is 2. The molecule has 0 aliphatic rings. The van der Waals surface area contributed by atoms with Crippen molar-refractivity contribution >= 4 is 16.7 Å². The molecular weight excluding hydrogens is 280 g/mol. The van der Waals surface area contributed by atoms with Crippen LogP contribution >= 0.6 is 0 Å². The molecule has 0 aliphatic carbocycles. The van der Waals surface area contributed by atoms with Crippen molar-refractivity contribution < 1.29 is 14.6 Å². The van der Waals surface area contributed by atoms with Gasteiger partial charge in [-0.05, 0) is 38.1 Å². The van der Waals surface area contributed by atoms with Crippen molar-refractivity contribution in [2.24, 2.45) is 0 Å². The van der Waals surface area contributed by atoms with Gasteiger partial charge in [-0.15, -0.1) is 0 Å². The van der Waals surface area contributed by atoms with E-state index >= 15 is 0 Å². The largest absolute Gasteiger partial charge is 0.508 e. The molecule has 0 amide bonds. The molecule has 3 aromatic rings. The Morgan fingerprint density at radius 3 is 2.64 bits per heavy atom. The first-order valence-corrected chi connectivity index (χ1v) is 6.88. The van der Waals surface area contributed by atoms with E-state index < -0.39 is 0 Å². The fourth-order valence-corrected chi connectivity index (χ4v) is 2.81. The third-order valence-corrected chi connectivity index (χ3v) is 3.73. The number of Topliss-reactive ketones (excluding diaryl/α,β-unsaturated/α-hetero) is 1. The molecule has 0 aliphatic heterocycles. The van der Waals surface area contributed by atoms with Crippen molar-refractivity contribution in [2.75, 3.05) is 7.11 Å². The summed E-state index contributed by atoms with van der Waals surface area (Å²) in [5.41, 5.74) is 3.12. The molecule has 112 valence electrons. The van der Waals surface area contributed by atoms with E-state index in [1.807, 2.05) is 17.6 Å². The number of aromatic hydroxyl groups is 1. The fourth-order valence-electron chi connectivity index (χ4n) is 2.81. The maximum atomic E-state index is 12.0. The van der Waals surface area contributed by atoms with E-state index in [0.717, 1.165) is 22.3 Å². The van der Waals surface area contributed by atoms with Crippen molar-refractivity contribution in [3.8, 4) is 17.3 Å². The topological polar surface area (TPSA) is 64.3 Å². The van der Waals surface area contributed by atoms with Gasteiger partial charge in [0, 0.05) is 22.7 Å². The number of benzene rings is 1. The molecule has 0 radical (unpaired) electrons. The van der Waals surface area contributed by atoms with Gasteiger partial charge < -0.3 is 14.4 Å². The van der Waals surface area contributed by atoms with Gasteiger partial charge >= 0.3 is 0 Å². The maximum Gasteiger partial charge on any atom is 0.213 e. The monoisotopic (exact) mass is 296 g/mol. The summed E-state index contributed by atoms with van der Waals surface area (Å²) in [4.78, 5) is 16.2. The molecule has 0 bridgehead atoms. The summed E-state index contributed by atoms with van der Waals surface area (Å²) in [6.45, 7) is 3.42. The summed E-state index contributed by atoms with van der Waals surface area (Å²) < 4.78 is 7.03. The normalized spacial score (nSPS) is 10.9. The molecule has 2 heterocycles. The summed E-state index contributed by atoms with van der Waals surface area (Å²) in [5.74, 6) is 0.635. The molecule has 22 heavy (non-hydrogen) atoms. The highest BCUT2D eigenvalue weighted by Crippen LogP contribution is 2.32. The molecule has 5 nitrogen and oxygen atoms in total. The second kappa shape index (κ2) is 5.18. The van der Waals surface area contributed by atoms with Gasteiger partial charge in [-0.2, -0.15) is 0 Å². The summed E-state index contributed by atoms with van der Waals surface area (Å²) in [7, 11) is 1.56. The molecule has 0 unspecified atom stereocenters. The average molecular weight is 296 g/mol. The van der Waals surface area contributed by atoms with Crippen molar-refractivity contribution in [2.45, 2.75) is 13.8 Å². The van der Waals surface area contributed by atoms with Gasteiger partial charge in [-0.25, -0.2) is 4.98 Å². The Labute approximate surface area is 127 Å². The molecule has 0 fully saturated rings. The van der Waals surface area contributed by atoms with Crippen molar-refractivity contribution in [1.82, 2.24) is 9.55 Å². The number of rotatable bonds is 3. The minimum atomic E-state index is -0.0340. The van der Waals surface area contributed by atoms with Gasteiger partial charge in [-0.1, -0.05) is 0 Å². The van der Waals surface area contributed by atoms with Crippen LogP contribution in [0.25, 0.3) is 16.6 Å². The van der Waals surface area contributed by atoms with Gasteiger partial charge in [0.05, 0.1) is 24.5 Å². The SMILES string of the molecule is COc1ccc(-n2c(C)c(C(C)=O)c3cc(O)ccc32)cn1. The van der Waals surface area contributed by atoms with Crippen LogP contribution in [0.4, 0.5) is 0 Å². The average Bonchev–Trinajstić information content (AvgIpc) is 2.78. The van der Waals surface area contributed by atoms with Crippen LogP contribution in [-0.4, -0.2) is 27.6 Å². The lowest BCUT2D eigenvalue weighted by molar-refractivity contribution is 0.101. The summed E-state index contributed by atoms with van der Waals surface area (Å²) in [6, 6.07) is 8.68. The van der Waals surface area contributed by atoms with Crippen LogP contribution in [0.15, 0.2) is 36.5 Å². The standard InChI is InChI=1S/C17H16N2O3/c1-10-17(11(2)20)14-8-13(21)5-6-15(14)19(10)12-4-7-16(22-3)18-9-12/h4-9,21H,1-3H3. The number of hydrogen-bond acceptors (Lipinski definition) is 4. The van der Waals surface area contributed by atoms with Crippen LogP contribution in [0.2, 0.25) is 0 Å². The smallest absolute Gasteiger partial charge is 0.213 e. The zero-order valence-electron chi connectivity index (χ0n) is 12.6. The van der Waals surface area contributed by atoms with E-state index in [1.54, 1.807) is 37.6 Å². The minimum Gasteiger partial charge on any atom is -0.508 e. The van der Waals surface area contributed by atoms with Crippen LogP contribution in [0.1, 0.15) is 23.0 Å².